The maximum absolute atomic E-state index is 12.5. The second-order valence-electron chi connectivity index (χ2n) is 8.45. The normalized spacial score (nSPS) is 25.4. The van der Waals surface area contributed by atoms with Crippen molar-refractivity contribution in [2.45, 2.75) is 50.7 Å². The topological polar surface area (TPSA) is 48.0 Å². The van der Waals surface area contributed by atoms with Crippen LogP contribution in [-0.4, -0.2) is 62.0 Å². The van der Waals surface area contributed by atoms with Crippen molar-refractivity contribution in [2.24, 2.45) is 5.92 Å². The molecule has 0 unspecified atom stereocenters. The molecule has 27 heavy (non-hydrogen) atoms. The van der Waals surface area contributed by atoms with Crippen LogP contribution < -0.4 is 0 Å². The van der Waals surface area contributed by atoms with Crippen molar-refractivity contribution >= 4 is 5.91 Å². The standard InChI is InChI=1S/C22H31NO4/c1-17-2-4-18(5-3-17)12-21(24)23-15-22(16-23)13-20(8-11-27-22)26-14-19-6-9-25-10-7-19/h2-5,19-20H,6-16H2,1H3/t20-/m0/s1. The second kappa shape index (κ2) is 8.29. The summed E-state index contributed by atoms with van der Waals surface area (Å²) in [5.41, 5.74) is 2.12. The Morgan fingerprint density at radius 2 is 1.89 bits per heavy atom. The summed E-state index contributed by atoms with van der Waals surface area (Å²) in [6, 6.07) is 8.20. The summed E-state index contributed by atoms with van der Waals surface area (Å²) < 4.78 is 17.7. The molecule has 3 saturated heterocycles. The maximum Gasteiger partial charge on any atom is 0.227 e. The van der Waals surface area contributed by atoms with Crippen LogP contribution >= 0.6 is 0 Å². The van der Waals surface area contributed by atoms with Gasteiger partial charge in [0.25, 0.3) is 0 Å². The first-order valence-electron chi connectivity index (χ1n) is 10.3. The van der Waals surface area contributed by atoms with E-state index < -0.39 is 0 Å². The molecule has 3 fully saturated rings. The number of ether oxygens (including phenoxy) is 3. The number of rotatable bonds is 5. The van der Waals surface area contributed by atoms with Crippen molar-refractivity contribution in [3.8, 4) is 0 Å². The molecule has 4 rings (SSSR count). The second-order valence-corrected chi connectivity index (χ2v) is 8.45. The number of hydrogen-bond donors (Lipinski definition) is 0. The van der Waals surface area contributed by atoms with E-state index >= 15 is 0 Å². The molecule has 0 radical (unpaired) electrons. The van der Waals surface area contributed by atoms with Gasteiger partial charge in [-0.2, -0.15) is 0 Å². The molecule has 5 heteroatoms. The molecule has 1 atom stereocenters. The zero-order valence-electron chi connectivity index (χ0n) is 16.3. The zero-order chi connectivity index (χ0) is 18.7. The molecule has 0 bridgehead atoms. The van der Waals surface area contributed by atoms with Crippen molar-refractivity contribution in [3.05, 3.63) is 35.4 Å². The minimum absolute atomic E-state index is 0.179. The molecule has 0 aromatic heterocycles. The number of aryl methyl sites for hydroxylation is 1. The molecule has 3 aliphatic heterocycles. The van der Waals surface area contributed by atoms with Gasteiger partial charge in [0.2, 0.25) is 5.91 Å². The van der Waals surface area contributed by atoms with E-state index in [0.29, 0.717) is 25.4 Å². The van der Waals surface area contributed by atoms with Crippen LogP contribution in [0.1, 0.15) is 36.8 Å². The van der Waals surface area contributed by atoms with Crippen molar-refractivity contribution in [2.75, 3.05) is 39.5 Å². The minimum Gasteiger partial charge on any atom is -0.381 e. The van der Waals surface area contributed by atoms with Gasteiger partial charge in [-0.05, 0) is 37.7 Å². The van der Waals surface area contributed by atoms with E-state index in [9.17, 15) is 4.79 Å². The number of amides is 1. The molecule has 0 N–H and O–H groups in total. The molecule has 1 aromatic carbocycles. The summed E-state index contributed by atoms with van der Waals surface area (Å²) in [6.07, 6.45) is 4.81. The summed E-state index contributed by atoms with van der Waals surface area (Å²) in [5.74, 6) is 0.824. The molecule has 0 aliphatic carbocycles. The molecule has 1 amide bonds. The predicted octanol–water partition coefficient (Wildman–Crippen LogP) is 2.74. The van der Waals surface area contributed by atoms with Gasteiger partial charge in [0.1, 0.15) is 5.60 Å². The van der Waals surface area contributed by atoms with Crippen LogP contribution in [-0.2, 0) is 25.4 Å². The molecule has 3 heterocycles. The van der Waals surface area contributed by atoms with Gasteiger partial charge in [-0.15, -0.1) is 0 Å². The first-order chi connectivity index (χ1) is 13.1. The molecule has 148 valence electrons. The SMILES string of the molecule is Cc1ccc(CC(=O)N2CC3(C[C@@H](OCC4CCOCC4)CCO3)C2)cc1. The van der Waals surface area contributed by atoms with Crippen molar-refractivity contribution in [1.29, 1.82) is 0 Å². The highest BCUT2D eigenvalue weighted by Crippen LogP contribution is 2.36. The lowest BCUT2D eigenvalue weighted by Crippen LogP contribution is -2.67. The van der Waals surface area contributed by atoms with E-state index in [-0.39, 0.29) is 17.6 Å². The smallest absolute Gasteiger partial charge is 0.227 e. The Bertz CT molecular complexity index is 632. The van der Waals surface area contributed by atoms with Crippen LogP contribution in [0.15, 0.2) is 24.3 Å². The van der Waals surface area contributed by atoms with E-state index in [4.69, 9.17) is 14.2 Å². The van der Waals surface area contributed by atoms with Crippen molar-refractivity contribution < 1.29 is 19.0 Å². The Labute approximate surface area is 162 Å². The van der Waals surface area contributed by atoms with Gasteiger partial charge in [0, 0.05) is 32.8 Å². The lowest BCUT2D eigenvalue weighted by atomic mass is 9.84. The summed E-state index contributed by atoms with van der Waals surface area (Å²) in [6.45, 7) is 6.77. The van der Waals surface area contributed by atoms with Crippen molar-refractivity contribution in [3.63, 3.8) is 0 Å². The lowest BCUT2D eigenvalue weighted by Gasteiger charge is -2.53. The van der Waals surface area contributed by atoms with Crippen LogP contribution in [0, 0.1) is 12.8 Å². The number of hydrogen-bond acceptors (Lipinski definition) is 4. The Morgan fingerprint density at radius 1 is 1.15 bits per heavy atom. The summed E-state index contributed by atoms with van der Waals surface area (Å²) in [5, 5.41) is 0. The van der Waals surface area contributed by atoms with Gasteiger partial charge >= 0.3 is 0 Å². The Morgan fingerprint density at radius 3 is 2.63 bits per heavy atom. The highest BCUT2D eigenvalue weighted by atomic mass is 16.5. The average molecular weight is 373 g/mol. The monoisotopic (exact) mass is 373 g/mol. The molecular weight excluding hydrogens is 342 g/mol. The fourth-order valence-electron chi connectivity index (χ4n) is 4.35. The molecule has 0 saturated carbocycles. The van der Waals surface area contributed by atoms with Gasteiger partial charge in [-0.3, -0.25) is 4.79 Å². The minimum atomic E-state index is -0.179. The molecule has 3 aliphatic rings. The fourth-order valence-corrected chi connectivity index (χ4v) is 4.35. The largest absolute Gasteiger partial charge is 0.381 e. The third-order valence-electron chi connectivity index (χ3n) is 6.14. The third kappa shape index (κ3) is 4.71. The molecule has 1 spiro atoms. The van der Waals surface area contributed by atoms with E-state index in [1.807, 2.05) is 17.0 Å². The number of nitrogens with zero attached hydrogens (tertiary/aromatic N) is 1. The summed E-state index contributed by atoms with van der Waals surface area (Å²) in [4.78, 5) is 14.5. The fraction of sp³-hybridized carbons (Fsp3) is 0.682. The van der Waals surface area contributed by atoms with Crippen LogP contribution in [0.4, 0.5) is 0 Å². The highest BCUT2D eigenvalue weighted by molar-refractivity contribution is 5.80. The molecular formula is C22H31NO4. The maximum atomic E-state index is 12.5. The predicted molar refractivity (Wildman–Crippen MR) is 103 cm³/mol. The number of likely N-dealkylation sites (tertiary alicyclic amines) is 1. The third-order valence-corrected chi connectivity index (χ3v) is 6.14. The van der Waals surface area contributed by atoms with Crippen LogP contribution in [0.25, 0.3) is 0 Å². The summed E-state index contributed by atoms with van der Waals surface area (Å²) in [7, 11) is 0. The first-order valence-corrected chi connectivity index (χ1v) is 10.3. The lowest BCUT2D eigenvalue weighted by molar-refractivity contribution is -0.202. The van der Waals surface area contributed by atoms with Gasteiger partial charge in [0.05, 0.1) is 25.6 Å². The van der Waals surface area contributed by atoms with Gasteiger partial charge in [-0.25, -0.2) is 0 Å². The van der Waals surface area contributed by atoms with Crippen LogP contribution in [0.5, 0.6) is 0 Å². The Balaban J connectivity index is 1.23. The van der Waals surface area contributed by atoms with Gasteiger partial charge in [-0.1, -0.05) is 29.8 Å². The van der Waals surface area contributed by atoms with E-state index in [2.05, 4.69) is 19.1 Å². The van der Waals surface area contributed by atoms with E-state index in [1.165, 1.54) is 5.56 Å². The Kier molecular flexibility index (Phi) is 5.81. The van der Waals surface area contributed by atoms with Crippen LogP contribution in [0.3, 0.4) is 0 Å². The van der Waals surface area contributed by atoms with Gasteiger partial charge < -0.3 is 19.1 Å². The van der Waals surface area contributed by atoms with Crippen molar-refractivity contribution in [1.82, 2.24) is 4.90 Å². The van der Waals surface area contributed by atoms with Crippen LogP contribution in [0.2, 0.25) is 0 Å². The first kappa shape index (κ1) is 18.9. The van der Waals surface area contributed by atoms with E-state index in [0.717, 1.165) is 57.7 Å². The average Bonchev–Trinajstić information content (AvgIpc) is 2.67. The number of carbonyl (C=O) groups is 1. The molecule has 5 nitrogen and oxygen atoms in total. The molecule has 1 aromatic rings. The van der Waals surface area contributed by atoms with E-state index in [1.54, 1.807) is 0 Å². The highest BCUT2D eigenvalue weighted by Gasteiger charge is 2.49. The number of carbonyl (C=O) groups excluding carboxylic acids is 1. The van der Waals surface area contributed by atoms with Gasteiger partial charge in [0.15, 0.2) is 0 Å². The number of benzene rings is 1. The zero-order valence-corrected chi connectivity index (χ0v) is 16.3. The summed E-state index contributed by atoms with van der Waals surface area (Å²) >= 11 is 0. The quantitative estimate of drug-likeness (QED) is 0.796. The Hall–Kier alpha value is -1.43.